The molecule has 1 rings (SSSR count). The van der Waals surface area contributed by atoms with Gasteiger partial charge in [0.05, 0.1) is 0 Å². The van der Waals surface area contributed by atoms with Gasteiger partial charge in [-0.25, -0.2) is 0 Å². The summed E-state index contributed by atoms with van der Waals surface area (Å²) in [6.45, 7) is 10.7. The Labute approximate surface area is 102 Å². The Bertz CT molecular complexity index is 174. The van der Waals surface area contributed by atoms with Gasteiger partial charge in [0.15, 0.2) is 0 Å². The number of hydrogen-bond acceptors (Lipinski definition) is 2. The molecule has 96 valence electrons. The number of likely N-dealkylation sites (tertiary alicyclic amines) is 1. The molecule has 16 heavy (non-hydrogen) atoms. The van der Waals surface area contributed by atoms with Gasteiger partial charge in [0.2, 0.25) is 0 Å². The van der Waals surface area contributed by atoms with Crippen molar-refractivity contribution in [3.8, 4) is 0 Å². The Morgan fingerprint density at radius 2 is 1.88 bits per heavy atom. The second kappa shape index (κ2) is 7.29. The third-order valence-corrected chi connectivity index (χ3v) is 4.35. The molecule has 2 heteroatoms. The standard InChI is InChI=1S/C14H30N2/c1-5-12(2)13(3)15-9-6-14-7-10-16(4)11-8-14/h12-15H,5-11H2,1-4H3. The molecule has 1 fully saturated rings. The zero-order chi connectivity index (χ0) is 12.0. The first-order chi connectivity index (χ1) is 7.63. The first kappa shape index (κ1) is 14.0. The third kappa shape index (κ3) is 4.84. The molecule has 2 nitrogen and oxygen atoms in total. The molecule has 2 atom stereocenters. The topological polar surface area (TPSA) is 15.3 Å². The third-order valence-electron chi connectivity index (χ3n) is 4.35. The number of rotatable bonds is 6. The van der Waals surface area contributed by atoms with Gasteiger partial charge in [0.1, 0.15) is 0 Å². The van der Waals surface area contributed by atoms with E-state index in [1.807, 2.05) is 0 Å². The summed E-state index contributed by atoms with van der Waals surface area (Å²) in [5.41, 5.74) is 0. The molecule has 1 aliphatic heterocycles. The number of piperidine rings is 1. The van der Waals surface area contributed by atoms with Crippen LogP contribution in [0.2, 0.25) is 0 Å². The number of nitrogens with zero attached hydrogens (tertiary/aromatic N) is 1. The highest BCUT2D eigenvalue weighted by Gasteiger charge is 2.16. The van der Waals surface area contributed by atoms with Crippen LogP contribution in [-0.4, -0.2) is 37.6 Å². The molecule has 2 unspecified atom stereocenters. The second-order valence-electron chi connectivity index (χ2n) is 5.66. The molecule has 0 aromatic rings. The first-order valence-corrected chi connectivity index (χ1v) is 7.05. The van der Waals surface area contributed by atoms with Gasteiger partial charge in [-0.1, -0.05) is 20.3 Å². The second-order valence-corrected chi connectivity index (χ2v) is 5.66. The van der Waals surface area contributed by atoms with E-state index in [0.29, 0.717) is 6.04 Å². The molecule has 0 aromatic heterocycles. The summed E-state index contributed by atoms with van der Waals surface area (Å²) in [5.74, 6) is 1.77. The van der Waals surface area contributed by atoms with Crippen LogP contribution < -0.4 is 5.32 Å². The summed E-state index contributed by atoms with van der Waals surface area (Å²) >= 11 is 0. The normalized spacial score (nSPS) is 23.2. The molecule has 1 saturated heterocycles. The van der Waals surface area contributed by atoms with E-state index in [0.717, 1.165) is 11.8 Å². The van der Waals surface area contributed by atoms with Gasteiger partial charge < -0.3 is 10.2 Å². The van der Waals surface area contributed by atoms with Crippen molar-refractivity contribution in [1.29, 1.82) is 0 Å². The predicted octanol–water partition coefficient (Wildman–Crippen LogP) is 2.74. The fourth-order valence-electron chi connectivity index (χ4n) is 2.42. The van der Waals surface area contributed by atoms with Gasteiger partial charge in [-0.15, -0.1) is 0 Å². The maximum atomic E-state index is 3.68. The Hall–Kier alpha value is -0.0800. The van der Waals surface area contributed by atoms with Crippen LogP contribution in [0.15, 0.2) is 0 Å². The number of hydrogen-bond donors (Lipinski definition) is 1. The molecule has 0 amide bonds. The van der Waals surface area contributed by atoms with Crippen LogP contribution in [0.25, 0.3) is 0 Å². The lowest BCUT2D eigenvalue weighted by atomic mass is 9.93. The van der Waals surface area contributed by atoms with Gasteiger partial charge in [-0.2, -0.15) is 0 Å². The van der Waals surface area contributed by atoms with Crippen LogP contribution in [0.1, 0.15) is 46.5 Å². The highest BCUT2D eigenvalue weighted by molar-refractivity contribution is 4.72. The van der Waals surface area contributed by atoms with E-state index < -0.39 is 0 Å². The molecule has 0 aromatic carbocycles. The van der Waals surface area contributed by atoms with Crippen LogP contribution in [0.5, 0.6) is 0 Å². The predicted molar refractivity (Wildman–Crippen MR) is 71.8 cm³/mol. The monoisotopic (exact) mass is 226 g/mol. The van der Waals surface area contributed by atoms with Crippen molar-refractivity contribution in [2.24, 2.45) is 11.8 Å². The molecular weight excluding hydrogens is 196 g/mol. The Kier molecular flexibility index (Phi) is 6.37. The maximum Gasteiger partial charge on any atom is 0.00642 e. The summed E-state index contributed by atoms with van der Waals surface area (Å²) in [7, 11) is 2.24. The van der Waals surface area contributed by atoms with Gasteiger partial charge in [0.25, 0.3) is 0 Å². The lowest BCUT2D eigenvalue weighted by Gasteiger charge is -2.29. The van der Waals surface area contributed by atoms with Crippen molar-refractivity contribution >= 4 is 0 Å². The Balaban J connectivity index is 2.06. The highest BCUT2D eigenvalue weighted by atomic mass is 15.1. The van der Waals surface area contributed by atoms with Crippen LogP contribution in [-0.2, 0) is 0 Å². The smallest absolute Gasteiger partial charge is 0.00642 e. The van der Waals surface area contributed by atoms with E-state index in [9.17, 15) is 0 Å². The van der Waals surface area contributed by atoms with E-state index >= 15 is 0 Å². The quantitative estimate of drug-likeness (QED) is 0.749. The van der Waals surface area contributed by atoms with Crippen molar-refractivity contribution in [3.63, 3.8) is 0 Å². The van der Waals surface area contributed by atoms with Crippen molar-refractivity contribution < 1.29 is 0 Å². The van der Waals surface area contributed by atoms with Crippen molar-refractivity contribution in [3.05, 3.63) is 0 Å². The maximum absolute atomic E-state index is 3.68. The molecule has 1 N–H and O–H groups in total. The number of nitrogens with one attached hydrogen (secondary N) is 1. The molecule has 0 aliphatic carbocycles. The largest absolute Gasteiger partial charge is 0.314 e. The lowest BCUT2D eigenvalue weighted by molar-refractivity contribution is 0.209. The van der Waals surface area contributed by atoms with Crippen LogP contribution in [0.3, 0.4) is 0 Å². The molecular formula is C14H30N2. The molecule has 0 bridgehead atoms. The first-order valence-electron chi connectivity index (χ1n) is 7.05. The zero-order valence-electron chi connectivity index (χ0n) is 11.6. The molecule has 0 spiro atoms. The average Bonchev–Trinajstić information content (AvgIpc) is 2.30. The van der Waals surface area contributed by atoms with Crippen molar-refractivity contribution in [2.75, 3.05) is 26.7 Å². The van der Waals surface area contributed by atoms with E-state index in [1.165, 1.54) is 45.3 Å². The summed E-state index contributed by atoms with van der Waals surface area (Å²) in [5, 5.41) is 3.68. The summed E-state index contributed by atoms with van der Waals surface area (Å²) in [6, 6.07) is 0.677. The highest BCUT2D eigenvalue weighted by Crippen LogP contribution is 2.19. The van der Waals surface area contributed by atoms with Gasteiger partial charge in [-0.05, 0) is 64.7 Å². The minimum Gasteiger partial charge on any atom is -0.314 e. The average molecular weight is 226 g/mol. The van der Waals surface area contributed by atoms with Crippen LogP contribution >= 0.6 is 0 Å². The Morgan fingerprint density at radius 3 is 2.44 bits per heavy atom. The minimum atomic E-state index is 0.677. The SMILES string of the molecule is CCC(C)C(C)NCCC1CCN(C)CC1. The van der Waals surface area contributed by atoms with Gasteiger partial charge in [0, 0.05) is 6.04 Å². The van der Waals surface area contributed by atoms with E-state index in [-0.39, 0.29) is 0 Å². The zero-order valence-corrected chi connectivity index (χ0v) is 11.6. The molecule has 0 saturated carbocycles. The van der Waals surface area contributed by atoms with E-state index in [2.05, 4.69) is 38.0 Å². The van der Waals surface area contributed by atoms with Crippen LogP contribution in [0, 0.1) is 11.8 Å². The molecule has 1 heterocycles. The van der Waals surface area contributed by atoms with E-state index in [1.54, 1.807) is 0 Å². The summed E-state index contributed by atoms with van der Waals surface area (Å²) in [4.78, 5) is 2.45. The molecule has 1 aliphatic rings. The minimum absolute atomic E-state index is 0.677. The van der Waals surface area contributed by atoms with Crippen molar-refractivity contribution in [2.45, 2.75) is 52.5 Å². The molecule has 0 radical (unpaired) electrons. The van der Waals surface area contributed by atoms with Gasteiger partial charge >= 0.3 is 0 Å². The van der Waals surface area contributed by atoms with Crippen molar-refractivity contribution in [1.82, 2.24) is 10.2 Å². The summed E-state index contributed by atoms with van der Waals surface area (Å²) in [6.07, 6.45) is 5.45. The van der Waals surface area contributed by atoms with E-state index in [4.69, 9.17) is 0 Å². The lowest BCUT2D eigenvalue weighted by Crippen LogP contribution is -2.35. The van der Waals surface area contributed by atoms with Gasteiger partial charge in [-0.3, -0.25) is 0 Å². The fraction of sp³-hybridized carbons (Fsp3) is 1.00. The summed E-state index contributed by atoms with van der Waals surface area (Å²) < 4.78 is 0. The van der Waals surface area contributed by atoms with Crippen LogP contribution in [0.4, 0.5) is 0 Å². The fourth-order valence-corrected chi connectivity index (χ4v) is 2.42. The Morgan fingerprint density at radius 1 is 1.25 bits per heavy atom.